The van der Waals surface area contributed by atoms with Gasteiger partial charge in [0.1, 0.15) is 0 Å². The van der Waals surface area contributed by atoms with Crippen LogP contribution in [0.3, 0.4) is 0 Å². The zero-order valence-corrected chi connectivity index (χ0v) is 16.9. The van der Waals surface area contributed by atoms with E-state index in [9.17, 15) is 4.79 Å². The summed E-state index contributed by atoms with van der Waals surface area (Å²) in [5.41, 5.74) is 4.61. The van der Waals surface area contributed by atoms with E-state index in [1.54, 1.807) is 21.8 Å². The molecule has 2 aromatic carbocycles. The van der Waals surface area contributed by atoms with Gasteiger partial charge in [-0.1, -0.05) is 41.9 Å². The Morgan fingerprint density at radius 3 is 2.66 bits per heavy atom. The number of amides is 1. The molecule has 2 heterocycles. The maximum absolute atomic E-state index is 12.9. The number of nitrogens with one attached hydrogen (secondary N) is 1. The van der Waals surface area contributed by atoms with Crippen LogP contribution in [0.15, 0.2) is 67.0 Å². The molecule has 1 amide bonds. The molecule has 7 heteroatoms. The van der Waals surface area contributed by atoms with E-state index >= 15 is 0 Å². The number of carbonyl (C=O) groups is 1. The second-order valence-corrected chi connectivity index (χ2v) is 7.24. The third-order valence-corrected chi connectivity index (χ3v) is 4.88. The molecule has 0 radical (unpaired) electrons. The van der Waals surface area contributed by atoms with Gasteiger partial charge in [-0.2, -0.15) is 10.2 Å². The van der Waals surface area contributed by atoms with Gasteiger partial charge in [0, 0.05) is 11.2 Å². The highest BCUT2D eigenvalue weighted by molar-refractivity contribution is 6.30. The van der Waals surface area contributed by atoms with Crippen molar-refractivity contribution in [3.05, 3.63) is 94.5 Å². The van der Waals surface area contributed by atoms with Gasteiger partial charge in [-0.25, -0.2) is 4.68 Å². The average molecular weight is 406 g/mol. The predicted molar refractivity (Wildman–Crippen MR) is 114 cm³/mol. The maximum Gasteiger partial charge on any atom is 0.259 e. The number of hydrogen-bond donors (Lipinski definition) is 1. The topological polar surface area (TPSA) is 64.7 Å². The Balaban J connectivity index is 1.52. The number of hydrogen-bond acceptors (Lipinski definition) is 3. The fourth-order valence-corrected chi connectivity index (χ4v) is 3.54. The second kappa shape index (κ2) is 7.93. The molecule has 4 aromatic rings. The van der Waals surface area contributed by atoms with Gasteiger partial charge in [0.15, 0.2) is 0 Å². The molecule has 146 valence electrons. The molecule has 0 aliphatic rings. The highest BCUT2D eigenvalue weighted by atomic mass is 35.5. The van der Waals surface area contributed by atoms with Gasteiger partial charge < -0.3 is 5.32 Å². The van der Waals surface area contributed by atoms with E-state index in [-0.39, 0.29) is 5.91 Å². The highest BCUT2D eigenvalue weighted by Gasteiger charge is 2.20. The van der Waals surface area contributed by atoms with Gasteiger partial charge in [0.25, 0.3) is 5.91 Å². The summed E-state index contributed by atoms with van der Waals surface area (Å²) in [5, 5.41) is 12.5. The molecule has 1 N–H and O–H groups in total. The van der Waals surface area contributed by atoms with E-state index in [1.165, 1.54) is 0 Å². The van der Waals surface area contributed by atoms with Crippen molar-refractivity contribution in [3.63, 3.8) is 0 Å². The van der Waals surface area contributed by atoms with E-state index in [2.05, 4.69) is 15.5 Å². The summed E-state index contributed by atoms with van der Waals surface area (Å²) in [6, 6.07) is 17.4. The lowest BCUT2D eigenvalue weighted by Crippen LogP contribution is -2.13. The van der Waals surface area contributed by atoms with Crippen LogP contribution in [0.5, 0.6) is 0 Å². The lowest BCUT2D eigenvalue weighted by Gasteiger charge is -2.05. The molecule has 0 aliphatic heterocycles. The van der Waals surface area contributed by atoms with Crippen LogP contribution in [0.2, 0.25) is 5.02 Å². The highest BCUT2D eigenvalue weighted by Crippen LogP contribution is 2.20. The van der Waals surface area contributed by atoms with E-state index in [1.807, 2.05) is 68.4 Å². The van der Waals surface area contributed by atoms with Crippen molar-refractivity contribution in [1.82, 2.24) is 19.6 Å². The van der Waals surface area contributed by atoms with Crippen LogP contribution >= 0.6 is 11.6 Å². The van der Waals surface area contributed by atoms with Crippen molar-refractivity contribution in [3.8, 4) is 5.69 Å². The molecule has 0 bridgehead atoms. The van der Waals surface area contributed by atoms with Gasteiger partial charge in [0.05, 0.1) is 41.1 Å². The fourth-order valence-electron chi connectivity index (χ4n) is 3.32. The van der Waals surface area contributed by atoms with Gasteiger partial charge in [-0.05, 0) is 43.7 Å². The molecule has 0 spiro atoms. The number of aryl methyl sites for hydroxylation is 1. The number of benzene rings is 2. The van der Waals surface area contributed by atoms with Crippen molar-refractivity contribution in [2.75, 3.05) is 5.32 Å². The van der Waals surface area contributed by atoms with Crippen LogP contribution in [-0.4, -0.2) is 25.5 Å². The molecule has 29 heavy (non-hydrogen) atoms. The van der Waals surface area contributed by atoms with Crippen LogP contribution in [0, 0.1) is 13.8 Å². The average Bonchev–Trinajstić information content (AvgIpc) is 3.25. The normalized spacial score (nSPS) is 10.9. The number of rotatable bonds is 5. The molecule has 0 saturated carbocycles. The molecule has 0 fully saturated rings. The Hall–Kier alpha value is -3.38. The molecule has 6 nitrogen and oxygen atoms in total. The zero-order chi connectivity index (χ0) is 20.4. The predicted octanol–water partition coefficient (Wildman–Crippen LogP) is 4.64. The van der Waals surface area contributed by atoms with E-state index < -0.39 is 0 Å². The SMILES string of the molecule is Cc1nn(-c2ccccc2)c(C)c1C(=O)Nc1cnn(Cc2cccc(Cl)c2)c1. The van der Waals surface area contributed by atoms with Crippen molar-refractivity contribution in [2.45, 2.75) is 20.4 Å². The summed E-state index contributed by atoms with van der Waals surface area (Å²) in [7, 11) is 0. The van der Waals surface area contributed by atoms with Crippen molar-refractivity contribution in [1.29, 1.82) is 0 Å². The van der Waals surface area contributed by atoms with Gasteiger partial charge in [0.2, 0.25) is 0 Å². The Morgan fingerprint density at radius 1 is 1.10 bits per heavy atom. The Bertz CT molecular complexity index is 1160. The van der Waals surface area contributed by atoms with Crippen LogP contribution < -0.4 is 5.32 Å². The molecular formula is C22H20ClN5O. The Morgan fingerprint density at radius 2 is 1.90 bits per heavy atom. The number of halogens is 1. The molecule has 0 unspecified atom stereocenters. The van der Waals surface area contributed by atoms with E-state index in [0.717, 1.165) is 16.9 Å². The summed E-state index contributed by atoms with van der Waals surface area (Å²) in [5.74, 6) is -0.204. The van der Waals surface area contributed by atoms with Crippen LogP contribution in [-0.2, 0) is 6.54 Å². The fraction of sp³-hybridized carbons (Fsp3) is 0.136. The minimum Gasteiger partial charge on any atom is -0.319 e. The van der Waals surface area contributed by atoms with Gasteiger partial charge in [-0.15, -0.1) is 0 Å². The summed E-state index contributed by atoms with van der Waals surface area (Å²) in [6.07, 6.45) is 3.43. The van der Waals surface area contributed by atoms with Crippen molar-refractivity contribution in [2.24, 2.45) is 0 Å². The molecule has 2 aromatic heterocycles. The third-order valence-electron chi connectivity index (χ3n) is 4.64. The number of carbonyl (C=O) groups excluding carboxylic acids is 1. The van der Waals surface area contributed by atoms with Gasteiger partial charge >= 0.3 is 0 Å². The summed E-state index contributed by atoms with van der Waals surface area (Å²) >= 11 is 6.03. The van der Waals surface area contributed by atoms with Crippen molar-refractivity contribution < 1.29 is 4.79 Å². The number of nitrogens with zero attached hydrogens (tertiary/aromatic N) is 4. The molecule has 0 atom stereocenters. The Kier molecular flexibility index (Phi) is 5.18. The largest absolute Gasteiger partial charge is 0.319 e. The molecular weight excluding hydrogens is 386 g/mol. The van der Waals surface area contributed by atoms with Gasteiger partial charge in [-0.3, -0.25) is 9.48 Å². The van der Waals surface area contributed by atoms with E-state index in [4.69, 9.17) is 11.6 Å². The number of aromatic nitrogens is 4. The first kappa shape index (κ1) is 19.0. The van der Waals surface area contributed by atoms with Crippen LogP contribution in [0.4, 0.5) is 5.69 Å². The summed E-state index contributed by atoms with van der Waals surface area (Å²) < 4.78 is 3.54. The Labute approximate surface area is 173 Å². The maximum atomic E-state index is 12.9. The molecule has 0 saturated heterocycles. The monoisotopic (exact) mass is 405 g/mol. The summed E-state index contributed by atoms with van der Waals surface area (Å²) in [6.45, 7) is 4.30. The summed E-state index contributed by atoms with van der Waals surface area (Å²) in [4.78, 5) is 12.9. The van der Waals surface area contributed by atoms with Crippen LogP contribution in [0.25, 0.3) is 5.69 Å². The molecule has 0 aliphatic carbocycles. The first-order valence-corrected chi connectivity index (χ1v) is 9.59. The minimum atomic E-state index is -0.204. The number of para-hydroxylation sites is 1. The third kappa shape index (κ3) is 4.07. The van der Waals surface area contributed by atoms with Crippen LogP contribution in [0.1, 0.15) is 27.3 Å². The lowest BCUT2D eigenvalue weighted by atomic mass is 10.2. The number of anilines is 1. The zero-order valence-electron chi connectivity index (χ0n) is 16.1. The second-order valence-electron chi connectivity index (χ2n) is 6.80. The minimum absolute atomic E-state index is 0.204. The quantitative estimate of drug-likeness (QED) is 0.526. The van der Waals surface area contributed by atoms with E-state index in [0.29, 0.717) is 28.5 Å². The first-order chi connectivity index (χ1) is 14.0. The first-order valence-electron chi connectivity index (χ1n) is 9.21. The molecule has 4 rings (SSSR count). The van der Waals surface area contributed by atoms with Crippen molar-refractivity contribution >= 4 is 23.2 Å². The smallest absolute Gasteiger partial charge is 0.259 e. The lowest BCUT2D eigenvalue weighted by molar-refractivity contribution is 0.102. The standard InChI is InChI=1S/C22H20ClN5O/c1-15-21(16(2)28(26-15)20-9-4-3-5-10-20)22(29)25-19-12-24-27(14-19)13-17-7-6-8-18(23)11-17/h3-12,14H,13H2,1-2H3,(H,25,29).